The van der Waals surface area contributed by atoms with Gasteiger partial charge in [-0.2, -0.15) is 0 Å². The minimum absolute atomic E-state index is 0.972. The molecular formula is C23H24O2Sn. The van der Waals surface area contributed by atoms with E-state index in [1.54, 1.807) is 0 Å². The summed E-state index contributed by atoms with van der Waals surface area (Å²) in [7, 11) is 0. The first-order chi connectivity index (χ1) is 12.6. The van der Waals surface area contributed by atoms with Crippen molar-refractivity contribution in [2.24, 2.45) is 0 Å². The molecule has 0 unspecified atom stereocenters. The predicted octanol–water partition coefficient (Wildman–Crippen LogP) is 3.58. The first-order valence-electron chi connectivity index (χ1n) is 8.76. The Hall–Kier alpha value is -2.07. The van der Waals surface area contributed by atoms with Crippen LogP contribution in [0.3, 0.4) is 0 Å². The van der Waals surface area contributed by atoms with Crippen LogP contribution in [0.1, 0.15) is 23.6 Å². The molecule has 0 aromatic heterocycles. The van der Waals surface area contributed by atoms with E-state index < -0.39 is 25.7 Å². The molecular weight excluding hydrogens is 427 g/mol. The molecule has 0 saturated carbocycles. The van der Waals surface area contributed by atoms with Crippen molar-refractivity contribution < 1.29 is 9.90 Å². The van der Waals surface area contributed by atoms with Crippen LogP contribution in [0.2, 0.25) is 0 Å². The quantitative estimate of drug-likeness (QED) is 0.538. The van der Waals surface area contributed by atoms with E-state index in [1.807, 2.05) is 0 Å². The molecule has 0 N–H and O–H groups in total. The van der Waals surface area contributed by atoms with Gasteiger partial charge < -0.3 is 9.90 Å². The molecule has 26 heavy (non-hydrogen) atoms. The number of carboxylic acid groups (broad SMARTS) is 1. The first kappa shape index (κ1) is 20.2. The summed E-state index contributed by atoms with van der Waals surface area (Å²) in [5.74, 6) is -1.08. The number of carboxylic acids is 1. The van der Waals surface area contributed by atoms with Crippen LogP contribution in [-0.4, -0.2) is 25.7 Å². The Kier molecular flexibility index (Phi) is 8.97. The van der Waals surface area contributed by atoms with E-state index in [2.05, 4.69) is 91.0 Å². The van der Waals surface area contributed by atoms with Gasteiger partial charge >= 0.3 is 141 Å². The molecule has 0 aliphatic carbocycles. The summed E-state index contributed by atoms with van der Waals surface area (Å²) < 4.78 is 3.98. The molecule has 0 saturated heterocycles. The Balaban J connectivity index is 0.000000552. The Morgan fingerprint density at radius 1 is 0.654 bits per heavy atom. The van der Waals surface area contributed by atoms with Gasteiger partial charge in [0, 0.05) is 5.97 Å². The molecule has 3 aromatic rings. The van der Waals surface area contributed by atoms with Gasteiger partial charge in [0.15, 0.2) is 0 Å². The summed E-state index contributed by atoms with van der Waals surface area (Å²) in [6, 6.07) is 33.1. The number of aliphatic carboxylic acids is 1. The third kappa shape index (κ3) is 8.34. The number of carbonyl (C=O) groups is 1. The van der Waals surface area contributed by atoms with Gasteiger partial charge in [-0.05, 0) is 6.92 Å². The third-order valence-corrected chi connectivity index (χ3v) is 11.7. The SMILES string of the molecule is CC(=O)[O-].c1ccc([CH2][Sn+]([CH2]c2ccccc2)[CH2]c2ccccc2)cc1. The van der Waals surface area contributed by atoms with Gasteiger partial charge in [0.25, 0.3) is 0 Å². The van der Waals surface area contributed by atoms with E-state index in [-0.39, 0.29) is 0 Å². The van der Waals surface area contributed by atoms with E-state index >= 15 is 0 Å². The van der Waals surface area contributed by atoms with Crippen molar-refractivity contribution in [2.75, 3.05) is 0 Å². The van der Waals surface area contributed by atoms with Gasteiger partial charge in [-0.1, -0.05) is 0 Å². The molecule has 132 valence electrons. The molecule has 0 heterocycles. The van der Waals surface area contributed by atoms with Crippen LogP contribution in [0.15, 0.2) is 91.0 Å². The Labute approximate surface area is 163 Å². The van der Waals surface area contributed by atoms with E-state index in [0.717, 1.165) is 6.92 Å². The Bertz CT molecular complexity index is 655. The van der Waals surface area contributed by atoms with Crippen molar-refractivity contribution in [3.05, 3.63) is 108 Å². The van der Waals surface area contributed by atoms with Gasteiger partial charge in [0.05, 0.1) is 0 Å². The van der Waals surface area contributed by atoms with Crippen LogP contribution in [0.25, 0.3) is 0 Å². The van der Waals surface area contributed by atoms with Crippen LogP contribution >= 0.6 is 0 Å². The van der Waals surface area contributed by atoms with E-state index in [1.165, 1.54) is 30.0 Å². The third-order valence-electron chi connectivity index (χ3n) is 3.89. The van der Waals surface area contributed by atoms with E-state index in [4.69, 9.17) is 9.90 Å². The molecule has 3 aromatic carbocycles. The van der Waals surface area contributed by atoms with Crippen LogP contribution < -0.4 is 5.11 Å². The number of carbonyl (C=O) groups excluding carboxylic acids is 1. The molecule has 0 aliphatic heterocycles. The van der Waals surface area contributed by atoms with E-state index in [0.29, 0.717) is 0 Å². The van der Waals surface area contributed by atoms with Crippen molar-refractivity contribution in [3.8, 4) is 0 Å². The van der Waals surface area contributed by atoms with Crippen LogP contribution in [0.5, 0.6) is 0 Å². The average Bonchev–Trinajstić information content (AvgIpc) is 2.64. The minimum atomic E-state index is -1.56. The van der Waals surface area contributed by atoms with Crippen molar-refractivity contribution in [3.63, 3.8) is 0 Å². The van der Waals surface area contributed by atoms with Crippen molar-refractivity contribution in [1.29, 1.82) is 0 Å². The second-order valence-corrected chi connectivity index (χ2v) is 13.5. The van der Waals surface area contributed by atoms with Crippen molar-refractivity contribution in [2.45, 2.75) is 20.2 Å². The molecule has 0 radical (unpaired) electrons. The fourth-order valence-corrected chi connectivity index (χ4v) is 10.9. The van der Waals surface area contributed by atoms with Crippen LogP contribution in [0.4, 0.5) is 0 Å². The molecule has 0 aliphatic rings. The van der Waals surface area contributed by atoms with E-state index in [9.17, 15) is 0 Å². The van der Waals surface area contributed by atoms with Gasteiger partial charge in [-0.15, -0.1) is 0 Å². The van der Waals surface area contributed by atoms with Crippen molar-refractivity contribution in [1.82, 2.24) is 0 Å². The molecule has 3 rings (SSSR count). The monoisotopic (exact) mass is 452 g/mol. The maximum atomic E-state index is 8.89. The number of hydrogen-bond donors (Lipinski definition) is 0. The maximum absolute atomic E-state index is 8.89. The second kappa shape index (κ2) is 11.5. The average molecular weight is 451 g/mol. The Morgan fingerprint density at radius 3 is 1.12 bits per heavy atom. The van der Waals surface area contributed by atoms with Gasteiger partial charge in [0.2, 0.25) is 0 Å². The zero-order valence-corrected chi connectivity index (χ0v) is 18.0. The summed E-state index contributed by atoms with van der Waals surface area (Å²) in [6.07, 6.45) is 0. The number of hydrogen-bond acceptors (Lipinski definition) is 2. The summed E-state index contributed by atoms with van der Waals surface area (Å²) in [5, 5.41) is 8.89. The first-order valence-corrected chi connectivity index (χ1v) is 14.8. The summed E-state index contributed by atoms with van der Waals surface area (Å²) >= 11 is -1.56. The molecule has 0 spiro atoms. The van der Waals surface area contributed by atoms with Gasteiger partial charge in [-0.25, -0.2) is 0 Å². The fraction of sp³-hybridized carbons (Fsp3) is 0.174. The van der Waals surface area contributed by atoms with Crippen molar-refractivity contribution >= 4 is 25.7 Å². The van der Waals surface area contributed by atoms with Gasteiger partial charge in [-0.3, -0.25) is 0 Å². The number of rotatable bonds is 6. The topological polar surface area (TPSA) is 40.1 Å². The van der Waals surface area contributed by atoms with Crippen LogP contribution in [-0.2, 0) is 18.1 Å². The molecule has 0 bridgehead atoms. The summed E-state index contributed by atoms with van der Waals surface area (Å²) in [5.41, 5.74) is 4.55. The Morgan fingerprint density at radius 2 is 0.885 bits per heavy atom. The summed E-state index contributed by atoms with van der Waals surface area (Å²) in [4.78, 5) is 8.89. The molecule has 0 amide bonds. The predicted molar refractivity (Wildman–Crippen MR) is 107 cm³/mol. The summed E-state index contributed by atoms with van der Waals surface area (Å²) in [6.45, 7) is 0.972. The zero-order valence-electron chi connectivity index (χ0n) is 15.1. The normalized spacial score (nSPS) is 9.73. The molecule has 0 atom stereocenters. The van der Waals surface area contributed by atoms with Crippen LogP contribution in [0, 0.1) is 0 Å². The number of benzene rings is 3. The van der Waals surface area contributed by atoms with Gasteiger partial charge in [0.1, 0.15) is 0 Å². The molecule has 0 fully saturated rings. The molecule has 2 nitrogen and oxygen atoms in total. The second-order valence-electron chi connectivity index (χ2n) is 6.23. The standard InChI is InChI=1S/3C7H7.C2H4O2.Sn/c3*1-7-5-3-2-4-6-7;1-2(3)4;/h3*2-6H,1H2;1H3,(H,3,4);/q;;;;+1/p-1. The molecule has 3 heteroatoms. The fourth-order valence-electron chi connectivity index (χ4n) is 2.84. The zero-order chi connectivity index (χ0) is 18.6.